The molecule has 0 aromatic heterocycles. The maximum atomic E-state index is 9.57. The maximum Gasteiger partial charge on any atom is 0.320 e. The Morgan fingerprint density at radius 3 is 2.00 bits per heavy atom. The number of hydrogen-bond donors (Lipinski definition) is 2. The number of nitrogens with two attached hydrogens (primary N) is 1. The van der Waals surface area contributed by atoms with Gasteiger partial charge in [0.2, 0.25) is 0 Å². The average molecular weight is 286 g/mol. The van der Waals surface area contributed by atoms with Crippen LogP contribution in [0.25, 0.3) is 0 Å². The van der Waals surface area contributed by atoms with Crippen molar-refractivity contribution in [1.82, 2.24) is 0 Å². The Labute approximate surface area is 57.4 Å². The second-order valence-corrected chi connectivity index (χ2v) is 1.13. The summed E-state index contributed by atoms with van der Waals surface area (Å²) in [5.41, 5.74) is 4.84. The third-order valence-electron chi connectivity index (χ3n) is 0.390. The zero-order valence-electron chi connectivity index (χ0n) is 3.81. The zero-order chi connectivity index (χ0) is 5.15. The molecule has 0 aliphatic rings. The molecule has 1 radical (unpaired) electrons. The molecule has 4 heteroatoms. The minimum absolute atomic E-state index is 0. The topological polar surface area (TPSA) is 63.3 Å². The number of rotatable bonds is 1. The predicted octanol–water partition coefficient (Wildman–Crippen LogP) is -0.584. The van der Waals surface area contributed by atoms with Crippen LogP contribution in [-0.4, -0.2) is 17.1 Å². The molecule has 0 bridgehead atoms. The van der Waals surface area contributed by atoms with Crippen LogP contribution in [-0.2, 0) is 27.2 Å². The van der Waals surface area contributed by atoms with Crippen molar-refractivity contribution in [2.45, 2.75) is 13.0 Å². The van der Waals surface area contributed by atoms with E-state index in [9.17, 15) is 4.79 Å². The molecule has 0 aromatic rings. The fourth-order valence-electron chi connectivity index (χ4n) is 0. The monoisotopic (exact) mass is 286 g/mol. The summed E-state index contributed by atoms with van der Waals surface area (Å²) in [5, 5.41) is 7.87. The van der Waals surface area contributed by atoms with Gasteiger partial charge >= 0.3 is 5.97 Å². The number of hydrogen-bond acceptors (Lipinski definition) is 2. The Balaban J connectivity index is 0. The Bertz CT molecular complexity index is 64.0. The van der Waals surface area contributed by atoms with E-state index in [2.05, 4.69) is 0 Å². The van der Waals surface area contributed by atoms with Crippen LogP contribution in [0.3, 0.4) is 0 Å². The molecule has 0 spiro atoms. The average Bonchev–Trinajstić information content (AvgIpc) is 1.36. The van der Waals surface area contributed by atoms with Gasteiger partial charge in [-0.2, -0.15) is 0 Å². The summed E-state index contributed by atoms with van der Waals surface area (Å²) >= 11 is 0. The van der Waals surface area contributed by atoms with Crippen LogP contribution in [0.4, 0.5) is 0 Å². The van der Waals surface area contributed by atoms with Gasteiger partial charge in [0.1, 0.15) is 6.04 Å². The van der Waals surface area contributed by atoms with Crippen LogP contribution in [0.5, 0.6) is 0 Å². The van der Waals surface area contributed by atoms with E-state index in [1.54, 1.807) is 0 Å². The van der Waals surface area contributed by atoms with Crippen molar-refractivity contribution in [3.63, 3.8) is 0 Å². The quantitative estimate of drug-likeness (QED) is 0.634. The summed E-state index contributed by atoms with van der Waals surface area (Å²) < 4.78 is 0. The van der Waals surface area contributed by atoms with Gasteiger partial charge in [0, 0.05) is 22.4 Å². The third kappa shape index (κ3) is 6.17. The number of carboxylic acids is 1. The first-order chi connectivity index (χ1) is 2.64. The number of carbonyl (C=O) groups is 1. The second kappa shape index (κ2) is 4.33. The van der Waals surface area contributed by atoms with Crippen molar-refractivity contribution in [1.29, 1.82) is 0 Å². The van der Waals surface area contributed by atoms with Gasteiger partial charge in [0.15, 0.2) is 0 Å². The van der Waals surface area contributed by atoms with Crippen LogP contribution >= 0.6 is 0 Å². The van der Waals surface area contributed by atoms with Crippen LogP contribution < -0.4 is 5.73 Å². The van der Waals surface area contributed by atoms with E-state index in [4.69, 9.17) is 10.8 Å². The fraction of sp³-hybridized carbons (Fsp3) is 0.667. The summed E-state index contributed by atoms with van der Waals surface area (Å²) in [6.45, 7) is 1.42. The summed E-state index contributed by atoms with van der Waals surface area (Å²) in [4.78, 5) is 9.57. The molecule has 1 unspecified atom stereocenters. The van der Waals surface area contributed by atoms with E-state index >= 15 is 0 Å². The van der Waals surface area contributed by atoms with E-state index in [0.29, 0.717) is 0 Å². The SMILES string of the molecule is CC(N)C(=O)O.[Au]. The van der Waals surface area contributed by atoms with E-state index in [0.717, 1.165) is 0 Å². The van der Waals surface area contributed by atoms with E-state index in [1.807, 2.05) is 0 Å². The predicted molar refractivity (Wildman–Crippen MR) is 21.3 cm³/mol. The van der Waals surface area contributed by atoms with Crippen molar-refractivity contribution in [3.05, 3.63) is 0 Å². The molecule has 0 aliphatic carbocycles. The standard InChI is InChI=1S/C3H7NO2.Au/c1-2(4)3(5)6;/h2H,4H2,1H3,(H,5,6);. The molecule has 0 saturated carbocycles. The maximum absolute atomic E-state index is 9.57. The molecule has 0 saturated heterocycles. The molecule has 1 atom stereocenters. The Morgan fingerprint density at radius 1 is 1.86 bits per heavy atom. The normalized spacial score (nSPS) is 11.7. The minimum atomic E-state index is -0.963. The molecular formula is C3H7AuNO2. The number of carboxylic acid groups (broad SMARTS) is 1. The summed E-state index contributed by atoms with van der Waals surface area (Å²) in [6.07, 6.45) is 0. The third-order valence-corrected chi connectivity index (χ3v) is 0.390. The largest absolute Gasteiger partial charge is 0.480 e. The van der Waals surface area contributed by atoms with Crippen molar-refractivity contribution in [3.8, 4) is 0 Å². The van der Waals surface area contributed by atoms with E-state index in [1.165, 1.54) is 6.92 Å². The molecule has 3 N–H and O–H groups in total. The Kier molecular flexibility index (Phi) is 6.32. The molecule has 3 nitrogen and oxygen atoms in total. The summed E-state index contributed by atoms with van der Waals surface area (Å²) in [6, 6.07) is -0.731. The van der Waals surface area contributed by atoms with Gasteiger partial charge in [0.25, 0.3) is 0 Å². The van der Waals surface area contributed by atoms with Crippen LogP contribution in [0.1, 0.15) is 6.92 Å². The molecule has 0 amide bonds. The molecule has 7 heavy (non-hydrogen) atoms. The van der Waals surface area contributed by atoms with Crippen molar-refractivity contribution in [2.75, 3.05) is 0 Å². The molecule has 0 fully saturated rings. The molecule has 0 heterocycles. The molecule has 0 aliphatic heterocycles. The first kappa shape index (κ1) is 10.2. The second-order valence-electron chi connectivity index (χ2n) is 1.13. The Hall–Kier alpha value is 0.170. The van der Waals surface area contributed by atoms with Crippen molar-refractivity contribution in [2.24, 2.45) is 5.73 Å². The van der Waals surface area contributed by atoms with Gasteiger partial charge in [-0.05, 0) is 6.92 Å². The van der Waals surface area contributed by atoms with Crippen molar-refractivity contribution < 1.29 is 32.3 Å². The minimum Gasteiger partial charge on any atom is -0.480 e. The summed E-state index contributed by atoms with van der Waals surface area (Å²) in [5.74, 6) is -0.963. The summed E-state index contributed by atoms with van der Waals surface area (Å²) in [7, 11) is 0. The molecular weight excluding hydrogens is 279 g/mol. The van der Waals surface area contributed by atoms with E-state index < -0.39 is 12.0 Å². The number of aliphatic carboxylic acids is 1. The van der Waals surface area contributed by atoms with Crippen LogP contribution in [0.15, 0.2) is 0 Å². The zero-order valence-corrected chi connectivity index (χ0v) is 5.98. The van der Waals surface area contributed by atoms with Gasteiger partial charge in [0.05, 0.1) is 0 Å². The Morgan fingerprint density at radius 2 is 2.00 bits per heavy atom. The van der Waals surface area contributed by atoms with Gasteiger partial charge < -0.3 is 10.8 Å². The van der Waals surface area contributed by atoms with Gasteiger partial charge in [-0.15, -0.1) is 0 Å². The van der Waals surface area contributed by atoms with Gasteiger partial charge in [-0.25, -0.2) is 0 Å². The van der Waals surface area contributed by atoms with E-state index in [-0.39, 0.29) is 22.4 Å². The molecule has 0 aromatic carbocycles. The fourth-order valence-corrected chi connectivity index (χ4v) is 0. The van der Waals surface area contributed by atoms with Crippen LogP contribution in [0, 0.1) is 0 Å². The van der Waals surface area contributed by atoms with Gasteiger partial charge in [-0.1, -0.05) is 0 Å². The smallest absolute Gasteiger partial charge is 0.320 e. The molecule has 0 rings (SSSR count). The van der Waals surface area contributed by atoms with Crippen molar-refractivity contribution >= 4 is 5.97 Å². The van der Waals surface area contributed by atoms with Gasteiger partial charge in [-0.3, -0.25) is 4.79 Å². The first-order valence-corrected chi connectivity index (χ1v) is 1.63. The molecule has 47 valence electrons. The van der Waals surface area contributed by atoms with Crippen LogP contribution in [0.2, 0.25) is 0 Å². The first-order valence-electron chi connectivity index (χ1n) is 1.63.